The van der Waals surface area contributed by atoms with Crippen LogP contribution >= 0.6 is 0 Å². The van der Waals surface area contributed by atoms with Crippen molar-refractivity contribution in [3.05, 3.63) is 101 Å². The van der Waals surface area contributed by atoms with Gasteiger partial charge in [0.15, 0.2) is 0 Å². The fraction of sp³-hybridized carbons (Fsp3) is 0.130. The number of anilines is 1. The summed E-state index contributed by atoms with van der Waals surface area (Å²) >= 11 is 0. The molecule has 0 unspecified atom stereocenters. The molecular formula is C23H21FN2O2. The molecule has 1 N–H and O–H groups in total. The van der Waals surface area contributed by atoms with Crippen molar-refractivity contribution in [2.45, 2.75) is 13.5 Å². The Kier molecular flexibility index (Phi) is 5.84. The highest BCUT2D eigenvalue weighted by molar-refractivity contribution is 6.05. The predicted molar refractivity (Wildman–Crippen MR) is 108 cm³/mol. The van der Waals surface area contributed by atoms with Crippen LogP contribution in [0.2, 0.25) is 0 Å². The first kappa shape index (κ1) is 19.3. The maximum Gasteiger partial charge on any atom is 0.255 e. The van der Waals surface area contributed by atoms with Crippen LogP contribution < -0.4 is 5.32 Å². The summed E-state index contributed by atoms with van der Waals surface area (Å²) in [6, 6.07) is 20.4. The van der Waals surface area contributed by atoms with E-state index in [1.54, 1.807) is 67.7 Å². The number of carbonyl (C=O) groups is 2. The highest BCUT2D eigenvalue weighted by Crippen LogP contribution is 2.20. The molecule has 0 heterocycles. The molecule has 0 atom stereocenters. The lowest BCUT2D eigenvalue weighted by molar-refractivity contribution is 0.0783. The molecule has 4 nitrogen and oxygen atoms in total. The highest BCUT2D eigenvalue weighted by atomic mass is 19.1. The van der Waals surface area contributed by atoms with Crippen LogP contribution in [0.4, 0.5) is 10.1 Å². The molecule has 0 aliphatic rings. The average molecular weight is 376 g/mol. The molecule has 0 fully saturated rings. The molecule has 0 spiro atoms. The molecule has 0 saturated carbocycles. The molecular weight excluding hydrogens is 355 g/mol. The van der Waals surface area contributed by atoms with Gasteiger partial charge in [-0.25, -0.2) is 4.39 Å². The van der Waals surface area contributed by atoms with E-state index in [1.807, 2.05) is 13.0 Å². The van der Waals surface area contributed by atoms with Crippen LogP contribution in [-0.4, -0.2) is 23.8 Å². The molecule has 0 aliphatic carbocycles. The van der Waals surface area contributed by atoms with E-state index in [2.05, 4.69) is 5.32 Å². The number of aryl methyl sites for hydroxylation is 1. The SMILES string of the molecule is Cc1ccc(C(=O)N(C)Cc2ccccc2F)cc1NC(=O)c1ccccc1. The number of amides is 2. The van der Waals surface area contributed by atoms with Gasteiger partial charge in [-0.1, -0.05) is 42.5 Å². The summed E-state index contributed by atoms with van der Waals surface area (Å²) in [6.45, 7) is 2.02. The van der Waals surface area contributed by atoms with Crippen molar-refractivity contribution in [2.75, 3.05) is 12.4 Å². The molecule has 5 heteroatoms. The van der Waals surface area contributed by atoms with Crippen molar-refractivity contribution < 1.29 is 14.0 Å². The number of nitrogens with zero attached hydrogens (tertiary/aromatic N) is 1. The molecule has 2 amide bonds. The van der Waals surface area contributed by atoms with E-state index in [0.717, 1.165) is 5.56 Å². The van der Waals surface area contributed by atoms with Gasteiger partial charge in [0, 0.05) is 36.0 Å². The fourth-order valence-corrected chi connectivity index (χ4v) is 2.85. The Morgan fingerprint density at radius 2 is 1.61 bits per heavy atom. The third-order valence-electron chi connectivity index (χ3n) is 4.48. The van der Waals surface area contributed by atoms with Gasteiger partial charge < -0.3 is 10.2 Å². The minimum absolute atomic E-state index is 0.158. The minimum Gasteiger partial charge on any atom is -0.337 e. The Balaban J connectivity index is 1.77. The van der Waals surface area contributed by atoms with Crippen LogP contribution in [0.15, 0.2) is 72.8 Å². The molecule has 0 saturated heterocycles. The van der Waals surface area contributed by atoms with E-state index in [4.69, 9.17) is 0 Å². The molecule has 3 aromatic carbocycles. The molecule has 3 aromatic rings. The maximum atomic E-state index is 13.9. The van der Waals surface area contributed by atoms with E-state index in [9.17, 15) is 14.0 Å². The van der Waals surface area contributed by atoms with Gasteiger partial charge in [0.1, 0.15) is 5.82 Å². The quantitative estimate of drug-likeness (QED) is 0.704. The lowest BCUT2D eigenvalue weighted by atomic mass is 10.1. The van der Waals surface area contributed by atoms with Crippen molar-refractivity contribution in [2.24, 2.45) is 0 Å². The third kappa shape index (κ3) is 4.43. The molecule has 3 rings (SSSR count). The summed E-state index contributed by atoms with van der Waals surface area (Å²) in [7, 11) is 1.62. The summed E-state index contributed by atoms with van der Waals surface area (Å²) in [4.78, 5) is 26.6. The van der Waals surface area contributed by atoms with Crippen molar-refractivity contribution in [1.82, 2.24) is 4.90 Å². The van der Waals surface area contributed by atoms with Crippen LogP contribution in [0.3, 0.4) is 0 Å². The normalized spacial score (nSPS) is 10.4. The van der Waals surface area contributed by atoms with Gasteiger partial charge in [-0.2, -0.15) is 0 Å². The van der Waals surface area contributed by atoms with E-state index < -0.39 is 0 Å². The molecule has 142 valence electrons. The number of hydrogen-bond acceptors (Lipinski definition) is 2. The highest BCUT2D eigenvalue weighted by Gasteiger charge is 2.16. The van der Waals surface area contributed by atoms with E-state index in [0.29, 0.717) is 22.4 Å². The van der Waals surface area contributed by atoms with E-state index in [-0.39, 0.29) is 24.2 Å². The zero-order valence-corrected chi connectivity index (χ0v) is 15.8. The van der Waals surface area contributed by atoms with Crippen LogP contribution in [-0.2, 0) is 6.54 Å². The molecule has 0 radical (unpaired) electrons. The number of nitrogens with one attached hydrogen (secondary N) is 1. The topological polar surface area (TPSA) is 49.4 Å². The van der Waals surface area contributed by atoms with Gasteiger partial charge in [0.05, 0.1) is 0 Å². The minimum atomic E-state index is -0.345. The second kappa shape index (κ2) is 8.48. The Bertz CT molecular complexity index is 1000. The summed E-state index contributed by atoms with van der Waals surface area (Å²) in [5.41, 5.74) is 2.82. The summed E-state index contributed by atoms with van der Waals surface area (Å²) in [5, 5.41) is 2.85. The van der Waals surface area contributed by atoms with Gasteiger partial charge >= 0.3 is 0 Å². The average Bonchev–Trinajstić information content (AvgIpc) is 2.71. The Morgan fingerprint density at radius 3 is 2.32 bits per heavy atom. The summed E-state index contributed by atoms with van der Waals surface area (Å²) in [5.74, 6) is -0.839. The van der Waals surface area contributed by atoms with Crippen molar-refractivity contribution in [1.29, 1.82) is 0 Å². The fourth-order valence-electron chi connectivity index (χ4n) is 2.85. The van der Waals surface area contributed by atoms with E-state index in [1.165, 1.54) is 11.0 Å². The number of hydrogen-bond donors (Lipinski definition) is 1. The van der Waals surface area contributed by atoms with E-state index >= 15 is 0 Å². The summed E-state index contributed by atoms with van der Waals surface area (Å²) < 4.78 is 13.9. The van der Waals surface area contributed by atoms with Gasteiger partial charge in [0.2, 0.25) is 0 Å². The first-order chi connectivity index (χ1) is 13.5. The largest absolute Gasteiger partial charge is 0.337 e. The predicted octanol–water partition coefficient (Wildman–Crippen LogP) is 4.66. The number of halogens is 1. The van der Waals surface area contributed by atoms with Gasteiger partial charge in [0.25, 0.3) is 11.8 Å². The van der Waals surface area contributed by atoms with Crippen LogP contribution in [0.5, 0.6) is 0 Å². The van der Waals surface area contributed by atoms with Crippen LogP contribution in [0.1, 0.15) is 31.8 Å². The number of rotatable bonds is 5. The Hall–Kier alpha value is -3.47. The Morgan fingerprint density at radius 1 is 0.929 bits per heavy atom. The zero-order valence-electron chi connectivity index (χ0n) is 15.8. The second-order valence-electron chi connectivity index (χ2n) is 6.60. The van der Waals surface area contributed by atoms with Crippen LogP contribution in [0, 0.1) is 12.7 Å². The van der Waals surface area contributed by atoms with Crippen LogP contribution in [0.25, 0.3) is 0 Å². The Labute approximate surface area is 163 Å². The number of benzene rings is 3. The van der Waals surface area contributed by atoms with Crippen molar-refractivity contribution >= 4 is 17.5 Å². The van der Waals surface area contributed by atoms with Gasteiger partial charge in [-0.3, -0.25) is 9.59 Å². The molecule has 0 aromatic heterocycles. The second-order valence-corrected chi connectivity index (χ2v) is 6.60. The zero-order chi connectivity index (χ0) is 20.1. The molecule has 0 bridgehead atoms. The lowest BCUT2D eigenvalue weighted by Gasteiger charge is -2.19. The maximum absolute atomic E-state index is 13.9. The van der Waals surface area contributed by atoms with Gasteiger partial charge in [-0.05, 0) is 42.8 Å². The molecule has 28 heavy (non-hydrogen) atoms. The standard InChI is InChI=1S/C23H21FN2O2/c1-16-12-13-18(14-21(16)25-22(27)17-8-4-3-5-9-17)23(28)26(2)15-19-10-6-7-11-20(19)24/h3-14H,15H2,1-2H3,(H,25,27). The summed E-state index contributed by atoms with van der Waals surface area (Å²) in [6.07, 6.45) is 0. The van der Waals surface area contributed by atoms with Crippen molar-refractivity contribution in [3.8, 4) is 0 Å². The first-order valence-corrected chi connectivity index (χ1v) is 8.91. The van der Waals surface area contributed by atoms with Gasteiger partial charge in [-0.15, -0.1) is 0 Å². The van der Waals surface area contributed by atoms with Crippen molar-refractivity contribution in [3.63, 3.8) is 0 Å². The smallest absolute Gasteiger partial charge is 0.255 e. The first-order valence-electron chi connectivity index (χ1n) is 8.91. The number of carbonyl (C=O) groups excluding carboxylic acids is 2. The third-order valence-corrected chi connectivity index (χ3v) is 4.48. The monoisotopic (exact) mass is 376 g/mol. The lowest BCUT2D eigenvalue weighted by Crippen LogP contribution is -2.26. The molecule has 0 aliphatic heterocycles.